The van der Waals surface area contributed by atoms with Gasteiger partial charge in [0, 0.05) is 6.07 Å². The summed E-state index contributed by atoms with van der Waals surface area (Å²) < 4.78 is 0. The minimum absolute atomic E-state index is 0.145. The Hall–Kier alpha value is -1.21. The zero-order chi connectivity index (χ0) is 13.0. The molecule has 0 aliphatic heterocycles. The molecule has 1 aromatic carbocycles. The van der Waals surface area contributed by atoms with Crippen LogP contribution in [-0.2, 0) is 6.61 Å². The number of benzene rings is 1. The van der Waals surface area contributed by atoms with Crippen molar-refractivity contribution < 1.29 is 20.2 Å². The lowest BCUT2D eigenvalue weighted by Crippen LogP contribution is -2.19. The number of nitro benzene ring substituents is 1. The lowest BCUT2D eigenvalue weighted by atomic mass is 10.0. The molecule has 1 rings (SSSR count). The Morgan fingerprint density at radius 2 is 2.06 bits per heavy atom. The Morgan fingerprint density at radius 3 is 2.53 bits per heavy atom. The third kappa shape index (κ3) is 3.13. The average Bonchev–Trinajstić information content (AvgIpc) is 2.35. The number of hydrogen-bond acceptors (Lipinski definition) is 5. The smallest absolute Gasteiger partial charge is 0.275 e. The van der Waals surface area contributed by atoms with E-state index in [1.807, 2.05) is 0 Å². The van der Waals surface area contributed by atoms with Crippen LogP contribution in [0.1, 0.15) is 17.2 Å². The van der Waals surface area contributed by atoms with E-state index in [2.05, 4.69) is 0 Å². The maximum atomic E-state index is 10.7. The maximum absolute atomic E-state index is 10.7. The summed E-state index contributed by atoms with van der Waals surface area (Å²) in [6.45, 7) is -0.468. The number of aliphatic hydroxyl groups is 3. The Labute approximate surface area is 102 Å². The summed E-state index contributed by atoms with van der Waals surface area (Å²) in [5.74, 6) is -0.184. The zero-order valence-corrected chi connectivity index (χ0v) is 9.54. The monoisotopic (exact) mass is 261 g/mol. The van der Waals surface area contributed by atoms with Crippen molar-refractivity contribution in [1.29, 1.82) is 0 Å². The molecule has 7 heteroatoms. The highest BCUT2D eigenvalue weighted by atomic mass is 35.5. The van der Waals surface area contributed by atoms with Crippen LogP contribution >= 0.6 is 11.6 Å². The maximum Gasteiger partial charge on any atom is 0.275 e. The van der Waals surface area contributed by atoms with Crippen molar-refractivity contribution in [2.45, 2.75) is 18.8 Å². The van der Waals surface area contributed by atoms with Crippen molar-refractivity contribution in [2.24, 2.45) is 0 Å². The molecule has 0 radical (unpaired) electrons. The minimum Gasteiger partial charge on any atom is -0.391 e. The van der Waals surface area contributed by atoms with Crippen LogP contribution in [0.25, 0.3) is 0 Å². The number of alkyl halides is 1. The van der Waals surface area contributed by atoms with E-state index in [1.165, 1.54) is 12.1 Å². The Balaban J connectivity index is 3.12. The first kappa shape index (κ1) is 13.9. The van der Waals surface area contributed by atoms with Crippen molar-refractivity contribution in [3.05, 3.63) is 39.4 Å². The molecule has 94 valence electrons. The zero-order valence-electron chi connectivity index (χ0n) is 8.78. The molecule has 0 aromatic heterocycles. The number of rotatable bonds is 5. The number of nitrogens with zero attached hydrogens (tertiary/aromatic N) is 1. The van der Waals surface area contributed by atoms with Crippen molar-refractivity contribution in [1.82, 2.24) is 0 Å². The van der Waals surface area contributed by atoms with E-state index in [9.17, 15) is 20.3 Å². The second-order valence-electron chi connectivity index (χ2n) is 3.47. The van der Waals surface area contributed by atoms with E-state index >= 15 is 0 Å². The molecule has 0 aliphatic carbocycles. The third-order valence-electron chi connectivity index (χ3n) is 2.34. The average molecular weight is 262 g/mol. The van der Waals surface area contributed by atoms with Gasteiger partial charge in [0.15, 0.2) is 0 Å². The van der Waals surface area contributed by atoms with Crippen LogP contribution in [0.2, 0.25) is 0 Å². The van der Waals surface area contributed by atoms with Crippen molar-refractivity contribution in [3.8, 4) is 0 Å². The topological polar surface area (TPSA) is 104 Å². The molecule has 6 nitrogen and oxygen atoms in total. The largest absolute Gasteiger partial charge is 0.391 e. The highest BCUT2D eigenvalue weighted by Crippen LogP contribution is 2.25. The first-order valence-corrected chi connectivity index (χ1v) is 5.35. The predicted octanol–water partition coefficient (Wildman–Crippen LogP) is 0.720. The molecule has 0 heterocycles. The fraction of sp³-hybridized carbons (Fsp3) is 0.400. The predicted molar refractivity (Wildman–Crippen MR) is 60.7 cm³/mol. The number of hydrogen-bond donors (Lipinski definition) is 3. The molecule has 2 atom stereocenters. The van der Waals surface area contributed by atoms with E-state index < -0.39 is 23.7 Å². The van der Waals surface area contributed by atoms with Crippen LogP contribution in [0, 0.1) is 10.1 Å². The van der Waals surface area contributed by atoms with Crippen LogP contribution in [-0.4, -0.2) is 32.2 Å². The van der Waals surface area contributed by atoms with Crippen molar-refractivity contribution >= 4 is 17.3 Å². The summed E-state index contributed by atoms with van der Waals surface area (Å²) in [5, 5.41) is 38.6. The molecule has 0 fully saturated rings. The molecule has 0 spiro atoms. The molecule has 0 amide bonds. The van der Waals surface area contributed by atoms with E-state index in [4.69, 9.17) is 16.7 Å². The molecule has 0 saturated carbocycles. The number of aliphatic hydroxyl groups excluding tert-OH is 3. The van der Waals surface area contributed by atoms with E-state index in [0.717, 1.165) is 6.07 Å². The first-order valence-electron chi connectivity index (χ1n) is 4.81. The molecule has 0 aliphatic rings. The summed E-state index contributed by atoms with van der Waals surface area (Å²) in [4.78, 5) is 10.1. The fourth-order valence-electron chi connectivity index (χ4n) is 1.38. The summed E-state index contributed by atoms with van der Waals surface area (Å²) in [6, 6.07) is 3.85. The highest BCUT2D eigenvalue weighted by Gasteiger charge is 2.21. The fourth-order valence-corrected chi connectivity index (χ4v) is 1.54. The molecule has 2 unspecified atom stereocenters. The van der Waals surface area contributed by atoms with Gasteiger partial charge in [-0.25, -0.2) is 0 Å². The summed E-state index contributed by atoms with van der Waals surface area (Å²) in [5.41, 5.74) is 0.0270. The Morgan fingerprint density at radius 1 is 1.41 bits per heavy atom. The number of nitro groups is 1. The Bertz CT molecular complexity index is 412. The standard InChI is InChI=1S/C10H12ClNO5/c11-4-9(14)10(15)6-1-2-7(5-13)8(3-6)12(16)17/h1-3,9-10,13-15H,4-5H2. The summed E-state index contributed by atoms with van der Waals surface area (Å²) >= 11 is 5.37. The molecule has 0 bridgehead atoms. The van der Waals surface area contributed by atoms with Crippen LogP contribution in [0.5, 0.6) is 0 Å². The highest BCUT2D eigenvalue weighted by molar-refractivity contribution is 6.18. The third-order valence-corrected chi connectivity index (χ3v) is 2.66. The second kappa shape index (κ2) is 5.92. The van der Waals surface area contributed by atoms with Gasteiger partial charge in [-0.2, -0.15) is 0 Å². The minimum atomic E-state index is -1.29. The SMILES string of the molecule is O=[N+]([O-])c1cc(C(O)C(O)CCl)ccc1CO. The van der Waals surface area contributed by atoms with Gasteiger partial charge < -0.3 is 15.3 Å². The van der Waals surface area contributed by atoms with Gasteiger partial charge in [0.25, 0.3) is 5.69 Å². The quantitative estimate of drug-likeness (QED) is 0.412. The summed E-state index contributed by atoms with van der Waals surface area (Å²) in [6.07, 6.45) is -2.49. The normalized spacial score (nSPS) is 14.4. The van der Waals surface area contributed by atoms with Gasteiger partial charge in [-0.3, -0.25) is 10.1 Å². The molecule has 1 aromatic rings. The van der Waals surface area contributed by atoms with E-state index in [-0.39, 0.29) is 22.7 Å². The molecular formula is C10H12ClNO5. The molecular weight excluding hydrogens is 250 g/mol. The van der Waals surface area contributed by atoms with Crippen LogP contribution < -0.4 is 0 Å². The Kier molecular flexibility index (Phi) is 4.83. The molecule has 3 N–H and O–H groups in total. The van der Waals surface area contributed by atoms with Crippen LogP contribution in [0.3, 0.4) is 0 Å². The lowest BCUT2D eigenvalue weighted by Gasteiger charge is -2.15. The number of halogens is 1. The van der Waals surface area contributed by atoms with Gasteiger partial charge in [-0.05, 0) is 11.6 Å². The second-order valence-corrected chi connectivity index (χ2v) is 3.78. The lowest BCUT2D eigenvalue weighted by molar-refractivity contribution is -0.386. The van der Waals surface area contributed by atoms with Gasteiger partial charge in [-0.15, -0.1) is 11.6 Å². The van der Waals surface area contributed by atoms with Crippen molar-refractivity contribution in [2.75, 3.05) is 5.88 Å². The van der Waals surface area contributed by atoms with Gasteiger partial charge in [0.05, 0.1) is 29.1 Å². The van der Waals surface area contributed by atoms with E-state index in [1.54, 1.807) is 0 Å². The van der Waals surface area contributed by atoms with Gasteiger partial charge in [-0.1, -0.05) is 6.07 Å². The summed E-state index contributed by atoms with van der Waals surface area (Å²) in [7, 11) is 0. The van der Waals surface area contributed by atoms with Gasteiger partial charge in [0.2, 0.25) is 0 Å². The molecule has 17 heavy (non-hydrogen) atoms. The van der Waals surface area contributed by atoms with Gasteiger partial charge >= 0.3 is 0 Å². The van der Waals surface area contributed by atoms with E-state index in [0.29, 0.717) is 0 Å². The van der Waals surface area contributed by atoms with Gasteiger partial charge in [0.1, 0.15) is 6.10 Å². The van der Waals surface area contributed by atoms with Crippen LogP contribution in [0.4, 0.5) is 5.69 Å². The molecule has 0 saturated heterocycles. The van der Waals surface area contributed by atoms with Crippen LogP contribution in [0.15, 0.2) is 18.2 Å². The first-order chi connectivity index (χ1) is 8.01. The van der Waals surface area contributed by atoms with Crippen molar-refractivity contribution in [3.63, 3.8) is 0 Å².